The molecule has 0 aliphatic carbocycles. The third-order valence-electron chi connectivity index (χ3n) is 7.41. The van der Waals surface area contributed by atoms with Crippen LogP contribution < -0.4 is 21.3 Å². The fourth-order valence-electron chi connectivity index (χ4n) is 5.27. The topological polar surface area (TPSA) is 124 Å². The number of rotatable bonds is 8. The van der Waals surface area contributed by atoms with Gasteiger partial charge in [-0.25, -0.2) is 5.48 Å². The van der Waals surface area contributed by atoms with Gasteiger partial charge in [-0.2, -0.15) is 0 Å². The number of amides is 2. The van der Waals surface area contributed by atoms with Crippen molar-refractivity contribution in [1.29, 1.82) is 0 Å². The smallest absolute Gasteiger partial charge is 0.274 e. The highest BCUT2D eigenvalue weighted by molar-refractivity contribution is 5.99. The number of nitrogens with one attached hydrogen (secondary N) is 3. The van der Waals surface area contributed by atoms with Crippen LogP contribution in [0.15, 0.2) is 47.3 Å². The van der Waals surface area contributed by atoms with Crippen molar-refractivity contribution in [2.24, 2.45) is 0 Å². The largest absolute Gasteiger partial charge is 0.381 e. The van der Waals surface area contributed by atoms with Crippen molar-refractivity contribution < 1.29 is 19.5 Å². The summed E-state index contributed by atoms with van der Waals surface area (Å²) in [6, 6.07) is 13.0. The van der Waals surface area contributed by atoms with E-state index in [0.29, 0.717) is 29.9 Å². The fraction of sp³-hybridized carbons (Fsp3) is 0.367. The van der Waals surface area contributed by atoms with Gasteiger partial charge in [-0.1, -0.05) is 12.1 Å². The standard InChI is InChI=1S/C30H36N4O5/c1-5-34(24-10-12-39-13-11-24)27-16-23(21-6-8-22(9-7-21)28(35)33-38)15-25(20(27)4)29(36)31-17-26-18(2)14-19(3)32-30(26)37/h6-9,14-16,24,38H,5,10-13,17H2,1-4H3,(H,31,36)(H,32,37)(H,33,35). The molecule has 0 saturated carbocycles. The molecule has 0 spiro atoms. The third-order valence-corrected chi connectivity index (χ3v) is 7.41. The first kappa shape index (κ1) is 28.1. The second kappa shape index (κ2) is 12.3. The highest BCUT2D eigenvalue weighted by atomic mass is 16.5. The molecule has 9 nitrogen and oxygen atoms in total. The highest BCUT2D eigenvalue weighted by Gasteiger charge is 2.25. The second-order valence-electron chi connectivity index (χ2n) is 9.94. The average Bonchev–Trinajstić information content (AvgIpc) is 2.94. The molecule has 3 aromatic rings. The van der Waals surface area contributed by atoms with Crippen LogP contribution in [0.5, 0.6) is 0 Å². The van der Waals surface area contributed by atoms with Gasteiger partial charge < -0.3 is 19.9 Å². The predicted molar refractivity (Wildman–Crippen MR) is 150 cm³/mol. The Hall–Kier alpha value is -3.95. The molecule has 1 aromatic heterocycles. The van der Waals surface area contributed by atoms with Gasteiger partial charge in [0.25, 0.3) is 17.4 Å². The lowest BCUT2D eigenvalue weighted by molar-refractivity contribution is 0.0706. The SMILES string of the molecule is CCN(c1cc(-c2ccc(C(=O)NO)cc2)cc(C(=O)NCc2c(C)cc(C)[nH]c2=O)c1C)C1CCOCC1. The molecule has 4 rings (SSSR count). The zero-order valence-electron chi connectivity index (χ0n) is 22.9. The number of pyridine rings is 1. The first-order valence-electron chi connectivity index (χ1n) is 13.2. The Labute approximate surface area is 228 Å². The number of nitrogens with zero attached hydrogens (tertiary/aromatic N) is 1. The van der Waals surface area contributed by atoms with E-state index in [1.165, 1.54) is 0 Å². The van der Waals surface area contributed by atoms with E-state index in [1.54, 1.807) is 29.7 Å². The Morgan fingerprint density at radius 1 is 1.03 bits per heavy atom. The number of anilines is 1. The molecule has 2 aromatic carbocycles. The third kappa shape index (κ3) is 6.21. The minimum absolute atomic E-state index is 0.113. The fourth-order valence-corrected chi connectivity index (χ4v) is 5.27. The van der Waals surface area contributed by atoms with E-state index in [0.717, 1.165) is 53.0 Å². The van der Waals surface area contributed by atoms with Crippen LogP contribution >= 0.6 is 0 Å². The number of H-pyrrole nitrogens is 1. The summed E-state index contributed by atoms with van der Waals surface area (Å²) in [5.74, 6) is -0.862. The maximum absolute atomic E-state index is 13.6. The lowest BCUT2D eigenvalue weighted by Gasteiger charge is -2.37. The first-order valence-corrected chi connectivity index (χ1v) is 13.2. The van der Waals surface area contributed by atoms with Crippen molar-refractivity contribution >= 4 is 17.5 Å². The molecule has 0 bridgehead atoms. The number of aromatic nitrogens is 1. The number of hydrogen-bond donors (Lipinski definition) is 4. The van der Waals surface area contributed by atoms with Crippen LogP contribution in [0, 0.1) is 20.8 Å². The Kier molecular flexibility index (Phi) is 8.83. The molecule has 2 amide bonds. The van der Waals surface area contributed by atoms with Gasteiger partial charge in [0.15, 0.2) is 0 Å². The molecular weight excluding hydrogens is 496 g/mol. The van der Waals surface area contributed by atoms with Gasteiger partial charge in [0, 0.05) is 60.4 Å². The number of hydroxylamine groups is 1. The van der Waals surface area contributed by atoms with Crippen LogP contribution in [0.2, 0.25) is 0 Å². The Balaban J connectivity index is 1.74. The van der Waals surface area contributed by atoms with Crippen LogP contribution in [0.3, 0.4) is 0 Å². The number of benzene rings is 2. The van der Waals surface area contributed by atoms with Crippen molar-refractivity contribution in [2.75, 3.05) is 24.7 Å². The van der Waals surface area contributed by atoms with Crippen LogP contribution in [-0.4, -0.2) is 47.8 Å². The van der Waals surface area contributed by atoms with Gasteiger partial charge in [0.2, 0.25) is 0 Å². The van der Waals surface area contributed by atoms with Crippen LogP contribution in [0.4, 0.5) is 5.69 Å². The maximum atomic E-state index is 13.6. The molecular formula is C30H36N4O5. The van der Waals surface area contributed by atoms with Gasteiger partial charge in [-0.3, -0.25) is 19.6 Å². The lowest BCUT2D eigenvalue weighted by Crippen LogP contribution is -2.40. The Morgan fingerprint density at radius 3 is 2.33 bits per heavy atom. The maximum Gasteiger partial charge on any atom is 0.274 e. The zero-order chi connectivity index (χ0) is 28.1. The molecule has 2 heterocycles. The van der Waals surface area contributed by atoms with E-state index in [4.69, 9.17) is 9.94 Å². The molecule has 0 radical (unpaired) electrons. The van der Waals surface area contributed by atoms with Crippen LogP contribution in [0.1, 0.15) is 62.9 Å². The molecule has 0 atom stereocenters. The van der Waals surface area contributed by atoms with Gasteiger partial charge in [0.1, 0.15) is 0 Å². The summed E-state index contributed by atoms with van der Waals surface area (Å²) in [5.41, 5.74) is 7.88. The zero-order valence-corrected chi connectivity index (χ0v) is 22.9. The molecule has 9 heteroatoms. The van der Waals surface area contributed by atoms with E-state index < -0.39 is 5.91 Å². The van der Waals surface area contributed by atoms with E-state index in [1.807, 2.05) is 32.9 Å². The van der Waals surface area contributed by atoms with Gasteiger partial charge in [0.05, 0.1) is 0 Å². The van der Waals surface area contributed by atoms with Crippen LogP contribution in [0.25, 0.3) is 11.1 Å². The van der Waals surface area contributed by atoms with Crippen LogP contribution in [-0.2, 0) is 11.3 Å². The normalized spacial score (nSPS) is 13.7. The summed E-state index contributed by atoms with van der Waals surface area (Å²) < 4.78 is 5.59. The summed E-state index contributed by atoms with van der Waals surface area (Å²) in [7, 11) is 0. The minimum atomic E-state index is -0.593. The lowest BCUT2D eigenvalue weighted by atomic mass is 9.94. The first-order chi connectivity index (χ1) is 18.7. The van der Waals surface area contributed by atoms with Crippen molar-refractivity contribution in [1.82, 2.24) is 15.8 Å². The molecule has 206 valence electrons. The Morgan fingerprint density at radius 2 is 1.72 bits per heavy atom. The monoisotopic (exact) mass is 532 g/mol. The molecule has 1 saturated heterocycles. The molecule has 0 unspecified atom stereocenters. The van der Waals surface area contributed by atoms with Gasteiger partial charge in [-0.05, 0) is 93.1 Å². The van der Waals surface area contributed by atoms with Crippen molar-refractivity contribution in [2.45, 2.75) is 53.1 Å². The van der Waals surface area contributed by atoms with Gasteiger partial charge >= 0.3 is 0 Å². The molecule has 1 aliphatic heterocycles. The molecule has 1 aliphatic rings. The minimum Gasteiger partial charge on any atom is -0.381 e. The number of hydrogen-bond acceptors (Lipinski definition) is 6. The summed E-state index contributed by atoms with van der Waals surface area (Å²) >= 11 is 0. The number of carbonyl (C=O) groups is 2. The molecule has 4 N–H and O–H groups in total. The van der Waals surface area contributed by atoms with E-state index in [2.05, 4.69) is 28.2 Å². The summed E-state index contributed by atoms with van der Waals surface area (Å²) in [6.45, 7) is 10.0. The second-order valence-corrected chi connectivity index (χ2v) is 9.94. The van der Waals surface area contributed by atoms with E-state index in [9.17, 15) is 14.4 Å². The van der Waals surface area contributed by atoms with Crippen molar-refractivity contribution in [3.63, 3.8) is 0 Å². The number of aromatic amines is 1. The Bertz CT molecular complexity index is 1410. The number of ether oxygens (including phenoxy) is 1. The predicted octanol–water partition coefficient (Wildman–Crippen LogP) is 4.02. The van der Waals surface area contributed by atoms with Crippen molar-refractivity contribution in [3.05, 3.63) is 86.3 Å². The molecule has 1 fully saturated rings. The quantitative estimate of drug-likeness (QED) is 0.257. The molecule has 39 heavy (non-hydrogen) atoms. The average molecular weight is 533 g/mol. The van der Waals surface area contributed by atoms with E-state index >= 15 is 0 Å². The van der Waals surface area contributed by atoms with E-state index in [-0.39, 0.29) is 24.1 Å². The summed E-state index contributed by atoms with van der Waals surface area (Å²) in [6.07, 6.45) is 1.80. The summed E-state index contributed by atoms with van der Waals surface area (Å²) in [4.78, 5) is 43.0. The van der Waals surface area contributed by atoms with Gasteiger partial charge in [-0.15, -0.1) is 0 Å². The number of carbonyl (C=O) groups excluding carboxylic acids is 2. The van der Waals surface area contributed by atoms with Crippen molar-refractivity contribution in [3.8, 4) is 11.1 Å². The summed E-state index contributed by atoms with van der Waals surface area (Å²) in [5, 5.41) is 11.9. The highest BCUT2D eigenvalue weighted by Crippen LogP contribution is 2.34. The number of aryl methyl sites for hydroxylation is 2.